The largest absolute Gasteiger partial charge is 0.307 e. The van der Waals surface area contributed by atoms with E-state index in [2.05, 4.69) is 22.6 Å². The molecule has 96 valence electrons. The van der Waals surface area contributed by atoms with Crippen LogP contribution in [0.1, 0.15) is 11.1 Å². The van der Waals surface area contributed by atoms with Crippen LogP contribution in [-0.4, -0.2) is 5.91 Å². The van der Waals surface area contributed by atoms with Crippen molar-refractivity contribution >= 4 is 34.2 Å². The van der Waals surface area contributed by atoms with E-state index in [9.17, 15) is 9.18 Å². The molecule has 0 saturated carbocycles. The number of halogens is 2. The molecule has 3 rings (SSSR count). The Hall–Kier alpha value is -1.43. The summed E-state index contributed by atoms with van der Waals surface area (Å²) in [6.45, 7) is 0.291. The molecule has 0 bridgehead atoms. The summed E-state index contributed by atoms with van der Waals surface area (Å²) >= 11 is 2.23. The predicted molar refractivity (Wildman–Crippen MR) is 80.5 cm³/mol. The normalized spacial score (nSPS) is 13.8. The Morgan fingerprint density at radius 1 is 1.21 bits per heavy atom. The molecule has 0 aromatic heterocycles. The molecule has 0 spiro atoms. The van der Waals surface area contributed by atoms with Crippen LogP contribution in [0.15, 0.2) is 42.5 Å². The second kappa shape index (κ2) is 4.92. The third-order valence-corrected chi connectivity index (χ3v) is 3.93. The van der Waals surface area contributed by atoms with Gasteiger partial charge in [-0.25, -0.2) is 4.39 Å². The van der Waals surface area contributed by atoms with Crippen molar-refractivity contribution < 1.29 is 9.18 Å². The van der Waals surface area contributed by atoms with E-state index in [-0.39, 0.29) is 11.7 Å². The van der Waals surface area contributed by atoms with Crippen molar-refractivity contribution in [1.82, 2.24) is 0 Å². The summed E-state index contributed by atoms with van der Waals surface area (Å²) in [4.78, 5) is 13.7. The van der Waals surface area contributed by atoms with Crippen molar-refractivity contribution in [1.29, 1.82) is 0 Å². The number of rotatable bonds is 2. The molecule has 0 fully saturated rings. The van der Waals surface area contributed by atoms with Gasteiger partial charge in [0.05, 0.1) is 13.0 Å². The number of benzene rings is 2. The number of hydrogen-bond donors (Lipinski definition) is 0. The molecular weight excluding hydrogens is 356 g/mol. The fourth-order valence-electron chi connectivity index (χ4n) is 2.32. The van der Waals surface area contributed by atoms with Crippen molar-refractivity contribution in [2.45, 2.75) is 13.0 Å². The van der Waals surface area contributed by atoms with E-state index in [1.807, 2.05) is 18.2 Å². The topological polar surface area (TPSA) is 20.3 Å². The number of amides is 1. The van der Waals surface area contributed by atoms with Crippen LogP contribution >= 0.6 is 22.6 Å². The lowest BCUT2D eigenvalue weighted by Gasteiger charge is -2.18. The molecule has 1 aliphatic heterocycles. The molecule has 1 amide bonds. The molecule has 0 unspecified atom stereocenters. The van der Waals surface area contributed by atoms with Gasteiger partial charge >= 0.3 is 0 Å². The average Bonchev–Trinajstić information content (AvgIpc) is 2.68. The SMILES string of the molecule is O=C1Cc2cc(I)ccc2N1Cc1ccccc1F. The van der Waals surface area contributed by atoms with Gasteiger partial charge in [0.2, 0.25) is 5.91 Å². The molecule has 1 heterocycles. The fourth-order valence-corrected chi connectivity index (χ4v) is 2.88. The van der Waals surface area contributed by atoms with E-state index in [4.69, 9.17) is 0 Å². The molecule has 1 aliphatic rings. The Kier molecular flexibility index (Phi) is 3.26. The standard InChI is InChI=1S/C15H11FINO/c16-13-4-2-1-3-10(13)9-18-14-6-5-12(17)7-11(14)8-15(18)19/h1-7H,8-9H2. The molecule has 0 atom stereocenters. The zero-order valence-electron chi connectivity index (χ0n) is 10.1. The molecule has 2 aromatic rings. The van der Waals surface area contributed by atoms with Crippen LogP contribution in [0.2, 0.25) is 0 Å². The molecule has 0 aliphatic carbocycles. The number of hydrogen-bond acceptors (Lipinski definition) is 1. The van der Waals surface area contributed by atoms with Crippen LogP contribution in [0.5, 0.6) is 0 Å². The van der Waals surface area contributed by atoms with Crippen LogP contribution in [-0.2, 0) is 17.8 Å². The zero-order chi connectivity index (χ0) is 13.4. The lowest BCUT2D eigenvalue weighted by molar-refractivity contribution is -0.117. The minimum Gasteiger partial charge on any atom is -0.307 e. The van der Waals surface area contributed by atoms with Gasteiger partial charge in [-0.3, -0.25) is 4.79 Å². The first-order chi connectivity index (χ1) is 9.15. The monoisotopic (exact) mass is 367 g/mol. The Balaban J connectivity index is 1.95. The van der Waals surface area contributed by atoms with Gasteiger partial charge in [-0.15, -0.1) is 0 Å². The van der Waals surface area contributed by atoms with Crippen LogP contribution in [0.25, 0.3) is 0 Å². The smallest absolute Gasteiger partial charge is 0.231 e. The van der Waals surface area contributed by atoms with E-state index in [0.717, 1.165) is 14.8 Å². The Labute approximate surface area is 124 Å². The minimum atomic E-state index is -0.269. The fraction of sp³-hybridized carbons (Fsp3) is 0.133. The summed E-state index contributed by atoms with van der Waals surface area (Å²) in [5.41, 5.74) is 2.46. The zero-order valence-corrected chi connectivity index (χ0v) is 12.2. The molecule has 19 heavy (non-hydrogen) atoms. The lowest BCUT2D eigenvalue weighted by Crippen LogP contribution is -2.26. The van der Waals surface area contributed by atoms with Gasteiger partial charge in [0, 0.05) is 14.8 Å². The van der Waals surface area contributed by atoms with Gasteiger partial charge in [-0.2, -0.15) is 0 Å². The molecule has 4 heteroatoms. The second-order valence-electron chi connectivity index (χ2n) is 4.52. The Morgan fingerprint density at radius 2 is 2.00 bits per heavy atom. The van der Waals surface area contributed by atoms with E-state index >= 15 is 0 Å². The maximum Gasteiger partial charge on any atom is 0.231 e. The lowest BCUT2D eigenvalue weighted by atomic mass is 10.1. The number of carbonyl (C=O) groups excluding carboxylic acids is 1. The number of carbonyl (C=O) groups is 1. The highest BCUT2D eigenvalue weighted by atomic mass is 127. The highest BCUT2D eigenvalue weighted by Crippen LogP contribution is 2.31. The number of nitrogens with zero attached hydrogens (tertiary/aromatic N) is 1. The van der Waals surface area contributed by atoms with E-state index < -0.39 is 0 Å². The summed E-state index contributed by atoms with van der Waals surface area (Å²) in [5, 5.41) is 0. The molecule has 2 nitrogen and oxygen atoms in total. The first kappa shape index (κ1) is 12.6. The van der Waals surface area contributed by atoms with Crippen LogP contribution in [0, 0.1) is 9.39 Å². The van der Waals surface area contributed by atoms with E-state index in [0.29, 0.717) is 18.5 Å². The van der Waals surface area contributed by atoms with Crippen molar-refractivity contribution in [3.63, 3.8) is 0 Å². The maximum atomic E-state index is 13.7. The van der Waals surface area contributed by atoms with E-state index in [1.54, 1.807) is 23.1 Å². The van der Waals surface area contributed by atoms with Gasteiger partial charge in [0.1, 0.15) is 5.82 Å². The summed E-state index contributed by atoms with van der Waals surface area (Å²) in [7, 11) is 0. The molecule has 0 radical (unpaired) electrons. The van der Waals surface area contributed by atoms with Gasteiger partial charge in [0.25, 0.3) is 0 Å². The van der Waals surface area contributed by atoms with Crippen LogP contribution < -0.4 is 4.90 Å². The highest BCUT2D eigenvalue weighted by molar-refractivity contribution is 14.1. The van der Waals surface area contributed by atoms with Crippen molar-refractivity contribution in [3.05, 3.63) is 63.0 Å². The number of fused-ring (bicyclic) bond motifs is 1. The highest BCUT2D eigenvalue weighted by Gasteiger charge is 2.27. The first-order valence-electron chi connectivity index (χ1n) is 5.97. The quantitative estimate of drug-likeness (QED) is 0.744. The van der Waals surface area contributed by atoms with Crippen molar-refractivity contribution in [2.24, 2.45) is 0 Å². The Morgan fingerprint density at radius 3 is 2.79 bits per heavy atom. The van der Waals surface area contributed by atoms with Gasteiger partial charge in [-0.1, -0.05) is 18.2 Å². The summed E-state index contributed by atoms with van der Waals surface area (Å²) in [6, 6.07) is 12.5. The third kappa shape index (κ3) is 2.36. The minimum absolute atomic E-state index is 0.0280. The van der Waals surface area contributed by atoms with Gasteiger partial charge in [-0.05, 0) is 52.4 Å². The average molecular weight is 367 g/mol. The first-order valence-corrected chi connectivity index (χ1v) is 7.05. The second-order valence-corrected chi connectivity index (χ2v) is 5.77. The van der Waals surface area contributed by atoms with E-state index in [1.165, 1.54) is 6.07 Å². The Bertz CT molecular complexity index is 656. The summed E-state index contributed by atoms with van der Waals surface area (Å²) < 4.78 is 14.8. The van der Waals surface area contributed by atoms with Crippen LogP contribution in [0.4, 0.5) is 10.1 Å². The van der Waals surface area contributed by atoms with Gasteiger partial charge < -0.3 is 4.90 Å². The molecule has 0 saturated heterocycles. The predicted octanol–water partition coefficient (Wildman–Crippen LogP) is 3.52. The van der Waals surface area contributed by atoms with Crippen molar-refractivity contribution in [3.8, 4) is 0 Å². The third-order valence-electron chi connectivity index (χ3n) is 3.26. The summed E-state index contributed by atoms with van der Waals surface area (Å²) in [6.07, 6.45) is 0.403. The maximum absolute atomic E-state index is 13.7. The molecule has 2 aromatic carbocycles. The van der Waals surface area contributed by atoms with Gasteiger partial charge in [0.15, 0.2) is 0 Å². The van der Waals surface area contributed by atoms with Crippen LogP contribution in [0.3, 0.4) is 0 Å². The number of anilines is 1. The van der Waals surface area contributed by atoms with Crippen molar-refractivity contribution in [2.75, 3.05) is 4.90 Å². The molecular formula is C15H11FINO. The summed E-state index contributed by atoms with van der Waals surface area (Å²) in [5.74, 6) is -0.241. The molecule has 0 N–H and O–H groups in total.